The number of carbonyl (C=O) groups excluding carboxylic acids is 1. The molecule has 1 N–H and O–H groups in total. The summed E-state index contributed by atoms with van der Waals surface area (Å²) < 4.78 is 10.5. The highest BCUT2D eigenvalue weighted by atomic mass is 16.5. The van der Waals surface area contributed by atoms with Crippen LogP contribution in [0.4, 0.5) is 0 Å². The Kier molecular flexibility index (Phi) is 2.91. The van der Waals surface area contributed by atoms with E-state index in [-0.39, 0.29) is 17.8 Å². The molecule has 1 aromatic heterocycles. The molecule has 1 aromatic carbocycles. The summed E-state index contributed by atoms with van der Waals surface area (Å²) in [5, 5.41) is 10.4. The molecular formula is C13H13N3O3. The highest BCUT2D eigenvalue weighted by molar-refractivity contribution is 5.90. The number of nitrogens with zero attached hydrogens (tertiary/aromatic N) is 2. The first kappa shape index (κ1) is 11.7. The minimum atomic E-state index is -0.316. The van der Waals surface area contributed by atoms with E-state index in [1.54, 1.807) is 13.2 Å². The Morgan fingerprint density at radius 3 is 3.00 bits per heavy atom. The fourth-order valence-electron chi connectivity index (χ4n) is 1.66. The lowest BCUT2D eigenvalue weighted by molar-refractivity contribution is 0.0917. The molecule has 0 aliphatic heterocycles. The third-order valence-corrected chi connectivity index (χ3v) is 2.85. The average Bonchev–Trinajstić information content (AvgIpc) is 3.11. The number of carbonyl (C=O) groups is 1. The highest BCUT2D eigenvalue weighted by Gasteiger charge is 2.26. The molecule has 0 atom stereocenters. The SMILES string of the molecule is COc1cccc(-c2nnc(C(=O)NC3CC3)o2)c1. The third kappa shape index (κ3) is 2.57. The van der Waals surface area contributed by atoms with Crippen LogP contribution >= 0.6 is 0 Å². The van der Waals surface area contributed by atoms with Crippen molar-refractivity contribution in [1.82, 2.24) is 15.5 Å². The van der Waals surface area contributed by atoms with Gasteiger partial charge >= 0.3 is 11.8 Å². The van der Waals surface area contributed by atoms with Crippen LogP contribution in [0.1, 0.15) is 23.5 Å². The van der Waals surface area contributed by atoms with Gasteiger partial charge in [0.2, 0.25) is 5.89 Å². The summed E-state index contributed by atoms with van der Waals surface area (Å²) >= 11 is 0. The normalized spacial score (nSPS) is 14.2. The molecule has 1 amide bonds. The van der Waals surface area contributed by atoms with Crippen molar-refractivity contribution in [3.05, 3.63) is 30.2 Å². The van der Waals surface area contributed by atoms with Gasteiger partial charge in [-0.3, -0.25) is 4.79 Å². The molecule has 6 nitrogen and oxygen atoms in total. The van der Waals surface area contributed by atoms with E-state index in [2.05, 4.69) is 15.5 Å². The number of amides is 1. The maximum atomic E-state index is 11.7. The molecule has 1 heterocycles. The number of aromatic nitrogens is 2. The standard InChI is InChI=1S/C13H13N3O3/c1-18-10-4-2-3-8(7-10)12-15-16-13(19-12)11(17)14-9-5-6-9/h2-4,7,9H,5-6H2,1H3,(H,14,17). The molecule has 0 spiro atoms. The van der Waals surface area contributed by atoms with E-state index in [1.165, 1.54) is 0 Å². The topological polar surface area (TPSA) is 77.2 Å². The lowest BCUT2D eigenvalue weighted by Crippen LogP contribution is -2.25. The van der Waals surface area contributed by atoms with E-state index in [1.807, 2.05) is 18.2 Å². The molecule has 0 bridgehead atoms. The number of hydrogen-bond donors (Lipinski definition) is 1. The van der Waals surface area contributed by atoms with Crippen LogP contribution in [0.25, 0.3) is 11.5 Å². The molecule has 98 valence electrons. The lowest BCUT2D eigenvalue weighted by atomic mass is 10.2. The minimum absolute atomic E-state index is 0.00952. The van der Waals surface area contributed by atoms with Gasteiger partial charge in [0, 0.05) is 11.6 Å². The molecule has 0 unspecified atom stereocenters. The van der Waals surface area contributed by atoms with E-state index in [4.69, 9.17) is 9.15 Å². The predicted molar refractivity (Wildman–Crippen MR) is 66.8 cm³/mol. The number of ether oxygens (including phenoxy) is 1. The Hall–Kier alpha value is -2.37. The monoisotopic (exact) mass is 259 g/mol. The van der Waals surface area contributed by atoms with Crippen LogP contribution in [0.15, 0.2) is 28.7 Å². The Morgan fingerprint density at radius 2 is 2.26 bits per heavy atom. The molecule has 6 heteroatoms. The molecular weight excluding hydrogens is 246 g/mol. The van der Waals surface area contributed by atoms with Gasteiger partial charge in [0.15, 0.2) is 0 Å². The van der Waals surface area contributed by atoms with Crippen molar-refractivity contribution in [1.29, 1.82) is 0 Å². The molecule has 0 radical (unpaired) electrons. The summed E-state index contributed by atoms with van der Waals surface area (Å²) in [7, 11) is 1.58. The second kappa shape index (κ2) is 4.72. The molecule has 1 aliphatic carbocycles. The lowest BCUT2D eigenvalue weighted by Gasteiger charge is -2.00. The number of rotatable bonds is 4. The Labute approximate surface area is 109 Å². The predicted octanol–water partition coefficient (Wildman–Crippen LogP) is 1.64. The molecule has 0 saturated heterocycles. The fourth-order valence-corrected chi connectivity index (χ4v) is 1.66. The van der Waals surface area contributed by atoms with Crippen molar-refractivity contribution in [3.8, 4) is 17.2 Å². The van der Waals surface area contributed by atoms with E-state index >= 15 is 0 Å². The Balaban J connectivity index is 1.81. The largest absolute Gasteiger partial charge is 0.497 e. The van der Waals surface area contributed by atoms with Gasteiger partial charge in [0.05, 0.1) is 7.11 Å². The zero-order valence-electron chi connectivity index (χ0n) is 10.4. The highest BCUT2D eigenvalue weighted by Crippen LogP contribution is 2.23. The summed E-state index contributed by atoms with van der Waals surface area (Å²) in [6.07, 6.45) is 2.03. The fraction of sp³-hybridized carbons (Fsp3) is 0.308. The van der Waals surface area contributed by atoms with Crippen molar-refractivity contribution >= 4 is 5.91 Å². The minimum Gasteiger partial charge on any atom is -0.497 e. The van der Waals surface area contributed by atoms with E-state index in [0.717, 1.165) is 18.4 Å². The van der Waals surface area contributed by atoms with Crippen LogP contribution in [0.5, 0.6) is 5.75 Å². The quantitative estimate of drug-likeness (QED) is 0.903. The maximum Gasteiger partial charge on any atom is 0.309 e. The second-order valence-corrected chi connectivity index (χ2v) is 4.39. The van der Waals surface area contributed by atoms with Crippen LogP contribution in [0, 0.1) is 0 Å². The van der Waals surface area contributed by atoms with Crippen molar-refractivity contribution < 1.29 is 13.9 Å². The molecule has 1 aliphatic rings. The van der Waals surface area contributed by atoms with Gasteiger partial charge in [0.1, 0.15) is 5.75 Å². The van der Waals surface area contributed by atoms with Gasteiger partial charge in [-0.2, -0.15) is 0 Å². The molecule has 1 saturated carbocycles. The first-order valence-electron chi connectivity index (χ1n) is 6.05. The van der Waals surface area contributed by atoms with Crippen LogP contribution in [-0.4, -0.2) is 29.3 Å². The van der Waals surface area contributed by atoms with Gasteiger partial charge < -0.3 is 14.5 Å². The number of benzene rings is 1. The number of methoxy groups -OCH3 is 1. The van der Waals surface area contributed by atoms with Gasteiger partial charge in [-0.1, -0.05) is 6.07 Å². The molecule has 1 fully saturated rings. The van der Waals surface area contributed by atoms with Crippen molar-refractivity contribution in [2.45, 2.75) is 18.9 Å². The molecule has 3 rings (SSSR count). The van der Waals surface area contributed by atoms with Crippen LogP contribution in [-0.2, 0) is 0 Å². The van der Waals surface area contributed by atoms with E-state index in [9.17, 15) is 4.79 Å². The summed E-state index contributed by atoms with van der Waals surface area (Å²) in [4.78, 5) is 11.7. The Morgan fingerprint density at radius 1 is 1.42 bits per heavy atom. The molecule has 2 aromatic rings. The van der Waals surface area contributed by atoms with Crippen LogP contribution < -0.4 is 10.1 Å². The zero-order chi connectivity index (χ0) is 13.2. The zero-order valence-corrected chi connectivity index (χ0v) is 10.4. The van der Waals surface area contributed by atoms with Crippen molar-refractivity contribution in [2.75, 3.05) is 7.11 Å². The first-order valence-corrected chi connectivity index (χ1v) is 6.05. The van der Waals surface area contributed by atoms with Crippen LogP contribution in [0.2, 0.25) is 0 Å². The number of hydrogen-bond acceptors (Lipinski definition) is 5. The van der Waals surface area contributed by atoms with Crippen molar-refractivity contribution in [3.63, 3.8) is 0 Å². The Bertz CT molecular complexity index is 605. The van der Waals surface area contributed by atoms with Gasteiger partial charge in [-0.05, 0) is 31.0 Å². The molecule has 19 heavy (non-hydrogen) atoms. The smallest absolute Gasteiger partial charge is 0.309 e. The third-order valence-electron chi connectivity index (χ3n) is 2.85. The van der Waals surface area contributed by atoms with Gasteiger partial charge in [-0.25, -0.2) is 0 Å². The van der Waals surface area contributed by atoms with Gasteiger partial charge in [-0.15, -0.1) is 10.2 Å². The first-order chi connectivity index (χ1) is 9.26. The van der Waals surface area contributed by atoms with Crippen LogP contribution in [0.3, 0.4) is 0 Å². The van der Waals surface area contributed by atoms with Gasteiger partial charge in [0.25, 0.3) is 0 Å². The maximum absolute atomic E-state index is 11.7. The van der Waals surface area contributed by atoms with E-state index < -0.39 is 0 Å². The summed E-state index contributed by atoms with van der Waals surface area (Å²) in [5.74, 6) is 0.674. The summed E-state index contributed by atoms with van der Waals surface area (Å²) in [5.41, 5.74) is 0.720. The van der Waals surface area contributed by atoms with E-state index in [0.29, 0.717) is 11.6 Å². The summed E-state index contributed by atoms with van der Waals surface area (Å²) in [6, 6.07) is 7.50. The second-order valence-electron chi connectivity index (χ2n) is 4.39. The van der Waals surface area contributed by atoms with Crippen molar-refractivity contribution in [2.24, 2.45) is 0 Å². The summed E-state index contributed by atoms with van der Waals surface area (Å²) in [6.45, 7) is 0. The average molecular weight is 259 g/mol. The number of nitrogens with one attached hydrogen (secondary N) is 1.